The lowest BCUT2D eigenvalue weighted by Gasteiger charge is -2.25. The van der Waals surface area contributed by atoms with Crippen LogP contribution in [0, 0.1) is 12.8 Å². The Morgan fingerprint density at radius 3 is 2.28 bits per heavy atom. The smallest absolute Gasteiger partial charge is 0.0281 e. The molecule has 146 valence electrons. The molecule has 3 aliphatic rings. The van der Waals surface area contributed by atoms with Crippen molar-refractivity contribution in [2.45, 2.75) is 51.4 Å². The summed E-state index contributed by atoms with van der Waals surface area (Å²) < 4.78 is 0. The summed E-state index contributed by atoms with van der Waals surface area (Å²) in [5.74, 6) is 1.19. The summed E-state index contributed by atoms with van der Waals surface area (Å²) in [4.78, 5) is 0. The Balaban J connectivity index is 1.36. The standard InChI is InChI=1S/C29H30/c1-21-10-14-25(15-11-21)28-19-18-26(27-8-5-9-29(27)28)20-22-12-16-24(17-13-22)23-6-3-2-4-7-23/h5,8-19,23,29H,2-4,6-7,20H2,1H3. The maximum Gasteiger partial charge on any atom is 0.0281 e. The molecule has 2 aromatic carbocycles. The predicted octanol–water partition coefficient (Wildman–Crippen LogP) is 7.72. The lowest BCUT2D eigenvalue weighted by Crippen LogP contribution is -2.10. The normalized spacial score (nSPS) is 21.4. The van der Waals surface area contributed by atoms with E-state index in [9.17, 15) is 0 Å². The molecule has 1 saturated carbocycles. The van der Waals surface area contributed by atoms with E-state index in [-0.39, 0.29) is 0 Å². The van der Waals surface area contributed by atoms with E-state index < -0.39 is 0 Å². The van der Waals surface area contributed by atoms with E-state index in [0.29, 0.717) is 5.92 Å². The number of hydrogen-bond acceptors (Lipinski definition) is 0. The largest absolute Gasteiger partial charge is 0.0726 e. The number of rotatable bonds is 4. The second-order valence-electron chi connectivity index (χ2n) is 8.92. The van der Waals surface area contributed by atoms with Gasteiger partial charge < -0.3 is 0 Å². The van der Waals surface area contributed by atoms with Crippen molar-refractivity contribution in [3.63, 3.8) is 0 Å². The molecule has 0 aromatic heterocycles. The highest BCUT2D eigenvalue weighted by Crippen LogP contribution is 2.41. The Morgan fingerprint density at radius 1 is 0.759 bits per heavy atom. The summed E-state index contributed by atoms with van der Waals surface area (Å²) in [7, 11) is 0. The summed E-state index contributed by atoms with van der Waals surface area (Å²) in [5.41, 5.74) is 9.98. The van der Waals surface area contributed by atoms with Crippen molar-refractivity contribution in [3.8, 4) is 0 Å². The topological polar surface area (TPSA) is 0 Å². The van der Waals surface area contributed by atoms with E-state index in [0.717, 1.165) is 12.3 Å². The third-order valence-corrected chi connectivity index (χ3v) is 6.92. The van der Waals surface area contributed by atoms with Crippen LogP contribution >= 0.6 is 0 Å². The van der Waals surface area contributed by atoms with Crippen LogP contribution in [0.2, 0.25) is 0 Å². The second kappa shape index (κ2) is 8.03. The molecule has 0 saturated heterocycles. The summed E-state index contributed by atoms with van der Waals surface area (Å²) in [6.45, 7) is 2.15. The first-order chi connectivity index (χ1) is 14.3. The van der Waals surface area contributed by atoms with Crippen LogP contribution in [-0.2, 0) is 6.42 Å². The molecule has 29 heavy (non-hydrogen) atoms. The minimum absolute atomic E-state index is 0.402. The van der Waals surface area contributed by atoms with Crippen molar-refractivity contribution >= 4 is 5.57 Å². The zero-order valence-electron chi connectivity index (χ0n) is 17.4. The van der Waals surface area contributed by atoms with Gasteiger partial charge in [0.2, 0.25) is 0 Å². The van der Waals surface area contributed by atoms with Crippen molar-refractivity contribution in [1.82, 2.24) is 0 Å². The van der Waals surface area contributed by atoms with Gasteiger partial charge in [-0.05, 0) is 65.5 Å². The van der Waals surface area contributed by atoms with E-state index >= 15 is 0 Å². The lowest BCUT2D eigenvalue weighted by molar-refractivity contribution is 0.443. The van der Waals surface area contributed by atoms with Gasteiger partial charge >= 0.3 is 0 Å². The molecule has 0 radical (unpaired) electrons. The number of hydrogen-bond donors (Lipinski definition) is 0. The monoisotopic (exact) mass is 378 g/mol. The Kier molecular flexibility index (Phi) is 5.10. The second-order valence-corrected chi connectivity index (χ2v) is 8.92. The third-order valence-electron chi connectivity index (χ3n) is 6.92. The number of aryl methyl sites for hydroxylation is 1. The first kappa shape index (κ1) is 18.4. The fourth-order valence-electron chi connectivity index (χ4n) is 5.19. The fourth-order valence-corrected chi connectivity index (χ4v) is 5.19. The lowest BCUT2D eigenvalue weighted by atomic mass is 9.79. The SMILES string of the molecule is Cc1ccc(C2=CC=C(Cc3ccc(C4CCCCC4)cc3)C3=CC=CC32)cc1. The zero-order chi connectivity index (χ0) is 19.6. The van der Waals surface area contributed by atoms with Crippen molar-refractivity contribution in [2.24, 2.45) is 5.92 Å². The molecular formula is C29H30. The van der Waals surface area contributed by atoms with Crippen molar-refractivity contribution in [2.75, 3.05) is 0 Å². The molecule has 0 aliphatic heterocycles. The molecule has 0 nitrogen and oxygen atoms in total. The van der Waals surface area contributed by atoms with Gasteiger partial charge in [0.1, 0.15) is 0 Å². The summed E-state index contributed by atoms with van der Waals surface area (Å²) in [6.07, 6.45) is 19.6. The summed E-state index contributed by atoms with van der Waals surface area (Å²) in [6, 6.07) is 18.4. The number of allylic oxidation sites excluding steroid dienone is 8. The quantitative estimate of drug-likeness (QED) is 0.511. The molecule has 0 bridgehead atoms. The van der Waals surface area contributed by atoms with Gasteiger partial charge in [0.15, 0.2) is 0 Å². The van der Waals surface area contributed by atoms with Crippen LogP contribution in [0.15, 0.2) is 90.1 Å². The third kappa shape index (κ3) is 3.81. The van der Waals surface area contributed by atoms with Gasteiger partial charge in [-0.25, -0.2) is 0 Å². The summed E-state index contributed by atoms with van der Waals surface area (Å²) >= 11 is 0. The van der Waals surface area contributed by atoms with E-state index in [1.807, 2.05) is 0 Å². The Bertz CT molecular complexity index is 987. The molecule has 3 aliphatic carbocycles. The van der Waals surface area contributed by atoms with Crippen LogP contribution in [0.25, 0.3) is 5.57 Å². The van der Waals surface area contributed by atoms with Crippen LogP contribution < -0.4 is 0 Å². The first-order valence-electron chi connectivity index (χ1n) is 11.2. The molecular weight excluding hydrogens is 348 g/mol. The minimum atomic E-state index is 0.402. The predicted molar refractivity (Wildman–Crippen MR) is 124 cm³/mol. The number of fused-ring (bicyclic) bond motifs is 1. The van der Waals surface area contributed by atoms with Gasteiger partial charge in [0.05, 0.1) is 0 Å². The van der Waals surface area contributed by atoms with Crippen LogP contribution in [0.4, 0.5) is 0 Å². The molecule has 1 fully saturated rings. The number of benzene rings is 2. The van der Waals surface area contributed by atoms with Gasteiger partial charge in [-0.1, -0.05) is 104 Å². The molecule has 1 unspecified atom stereocenters. The van der Waals surface area contributed by atoms with Crippen LogP contribution in [-0.4, -0.2) is 0 Å². The fraction of sp³-hybridized carbons (Fsp3) is 0.310. The molecule has 0 amide bonds. The highest BCUT2D eigenvalue weighted by atomic mass is 14.3. The first-order valence-corrected chi connectivity index (χ1v) is 11.2. The van der Waals surface area contributed by atoms with Gasteiger partial charge in [-0.3, -0.25) is 0 Å². The Morgan fingerprint density at radius 2 is 1.52 bits per heavy atom. The van der Waals surface area contributed by atoms with Crippen LogP contribution in [0.1, 0.15) is 60.3 Å². The molecule has 0 heteroatoms. The Labute approximate surface area is 175 Å². The van der Waals surface area contributed by atoms with Crippen LogP contribution in [0.5, 0.6) is 0 Å². The summed E-state index contributed by atoms with van der Waals surface area (Å²) in [5, 5.41) is 0. The average molecular weight is 379 g/mol. The van der Waals surface area contributed by atoms with E-state index in [4.69, 9.17) is 0 Å². The maximum atomic E-state index is 2.39. The van der Waals surface area contributed by atoms with Crippen molar-refractivity contribution in [3.05, 3.63) is 112 Å². The van der Waals surface area contributed by atoms with Gasteiger partial charge in [-0.2, -0.15) is 0 Å². The molecule has 0 heterocycles. The average Bonchev–Trinajstić information content (AvgIpc) is 3.26. The molecule has 0 N–H and O–H groups in total. The minimum Gasteiger partial charge on any atom is -0.0726 e. The van der Waals surface area contributed by atoms with E-state index in [2.05, 4.69) is 85.8 Å². The highest BCUT2D eigenvalue weighted by molar-refractivity contribution is 5.78. The van der Waals surface area contributed by atoms with E-state index in [1.54, 1.807) is 5.56 Å². The van der Waals surface area contributed by atoms with Gasteiger partial charge in [-0.15, -0.1) is 0 Å². The molecule has 1 atom stereocenters. The van der Waals surface area contributed by atoms with E-state index in [1.165, 1.54) is 65.5 Å². The maximum absolute atomic E-state index is 2.39. The molecule has 5 rings (SSSR count). The van der Waals surface area contributed by atoms with Crippen LogP contribution in [0.3, 0.4) is 0 Å². The van der Waals surface area contributed by atoms with Crippen molar-refractivity contribution in [1.29, 1.82) is 0 Å². The molecule has 0 spiro atoms. The zero-order valence-corrected chi connectivity index (χ0v) is 17.4. The molecule has 2 aromatic rings. The Hall–Kier alpha value is -2.60. The van der Waals surface area contributed by atoms with Crippen molar-refractivity contribution < 1.29 is 0 Å². The highest BCUT2D eigenvalue weighted by Gasteiger charge is 2.26. The van der Waals surface area contributed by atoms with Gasteiger partial charge in [0, 0.05) is 5.92 Å². The van der Waals surface area contributed by atoms with Gasteiger partial charge in [0.25, 0.3) is 0 Å².